The van der Waals surface area contributed by atoms with Crippen LogP contribution in [-0.4, -0.2) is 47.5 Å². The lowest BCUT2D eigenvalue weighted by Gasteiger charge is -2.15. The standard InChI is InChI=1S/C8H15NO3S/c1-9(7(10)6-13-2)5-3-4-8(11)12/h3-6H2,1-2H3,(H,11,12). The third kappa shape index (κ3) is 6.45. The van der Waals surface area contributed by atoms with Gasteiger partial charge < -0.3 is 10.0 Å². The molecule has 0 heterocycles. The smallest absolute Gasteiger partial charge is 0.303 e. The Labute approximate surface area is 82.3 Å². The lowest BCUT2D eigenvalue weighted by atomic mass is 10.3. The lowest BCUT2D eigenvalue weighted by Crippen LogP contribution is -2.29. The average molecular weight is 205 g/mol. The van der Waals surface area contributed by atoms with Gasteiger partial charge in [0.05, 0.1) is 5.75 Å². The summed E-state index contributed by atoms with van der Waals surface area (Å²) in [6, 6.07) is 0. The predicted octanol–water partition coefficient (Wildman–Crippen LogP) is 0.673. The number of hydrogen-bond acceptors (Lipinski definition) is 3. The number of carbonyl (C=O) groups excluding carboxylic acids is 1. The summed E-state index contributed by atoms with van der Waals surface area (Å²) in [4.78, 5) is 22.9. The number of rotatable bonds is 6. The van der Waals surface area contributed by atoms with Gasteiger partial charge in [0.25, 0.3) is 0 Å². The molecule has 0 fully saturated rings. The molecule has 0 rings (SSSR count). The normalized spacial score (nSPS) is 9.69. The maximum Gasteiger partial charge on any atom is 0.303 e. The summed E-state index contributed by atoms with van der Waals surface area (Å²) in [5.41, 5.74) is 0. The van der Waals surface area contributed by atoms with Gasteiger partial charge >= 0.3 is 5.97 Å². The monoisotopic (exact) mass is 205 g/mol. The fourth-order valence-corrected chi connectivity index (χ4v) is 1.29. The van der Waals surface area contributed by atoms with Crippen LogP contribution in [0.4, 0.5) is 0 Å². The molecule has 0 saturated heterocycles. The van der Waals surface area contributed by atoms with Crippen molar-refractivity contribution in [2.24, 2.45) is 0 Å². The predicted molar refractivity (Wildman–Crippen MR) is 52.9 cm³/mol. The Morgan fingerprint density at radius 3 is 2.54 bits per heavy atom. The number of carboxylic acids is 1. The number of carbonyl (C=O) groups is 2. The SMILES string of the molecule is CSCC(=O)N(C)CCCC(=O)O. The highest BCUT2D eigenvalue weighted by molar-refractivity contribution is 7.99. The summed E-state index contributed by atoms with van der Waals surface area (Å²) in [6.45, 7) is 0.520. The van der Waals surface area contributed by atoms with E-state index < -0.39 is 5.97 Å². The maximum absolute atomic E-state index is 11.2. The van der Waals surface area contributed by atoms with E-state index in [9.17, 15) is 9.59 Å². The molecule has 4 nitrogen and oxygen atoms in total. The van der Waals surface area contributed by atoms with Gasteiger partial charge in [-0.2, -0.15) is 11.8 Å². The molecule has 1 N–H and O–H groups in total. The van der Waals surface area contributed by atoms with Crippen molar-refractivity contribution in [3.8, 4) is 0 Å². The van der Waals surface area contributed by atoms with Crippen LogP contribution in [0.5, 0.6) is 0 Å². The van der Waals surface area contributed by atoms with Crippen molar-refractivity contribution in [2.45, 2.75) is 12.8 Å². The van der Waals surface area contributed by atoms with Crippen LogP contribution in [0, 0.1) is 0 Å². The molecular formula is C8H15NO3S. The number of nitrogens with zero attached hydrogens (tertiary/aromatic N) is 1. The third-order valence-electron chi connectivity index (χ3n) is 1.58. The average Bonchev–Trinajstić information content (AvgIpc) is 2.04. The summed E-state index contributed by atoms with van der Waals surface area (Å²) in [7, 11) is 1.69. The van der Waals surface area contributed by atoms with Crippen molar-refractivity contribution in [2.75, 3.05) is 25.6 Å². The van der Waals surface area contributed by atoms with Gasteiger partial charge in [-0.05, 0) is 12.7 Å². The van der Waals surface area contributed by atoms with E-state index in [2.05, 4.69) is 0 Å². The van der Waals surface area contributed by atoms with Crippen molar-refractivity contribution < 1.29 is 14.7 Å². The van der Waals surface area contributed by atoms with E-state index in [1.807, 2.05) is 6.26 Å². The van der Waals surface area contributed by atoms with Crippen molar-refractivity contribution in [1.29, 1.82) is 0 Å². The fraction of sp³-hybridized carbons (Fsp3) is 0.750. The zero-order valence-electron chi connectivity index (χ0n) is 7.95. The van der Waals surface area contributed by atoms with E-state index in [1.54, 1.807) is 11.9 Å². The first-order valence-corrected chi connectivity index (χ1v) is 5.42. The van der Waals surface area contributed by atoms with Gasteiger partial charge in [-0.3, -0.25) is 9.59 Å². The maximum atomic E-state index is 11.2. The van der Waals surface area contributed by atoms with Gasteiger partial charge in [-0.25, -0.2) is 0 Å². The molecule has 0 bridgehead atoms. The highest BCUT2D eigenvalue weighted by Gasteiger charge is 2.07. The highest BCUT2D eigenvalue weighted by atomic mass is 32.2. The van der Waals surface area contributed by atoms with Crippen LogP contribution in [-0.2, 0) is 9.59 Å². The minimum atomic E-state index is -0.814. The number of hydrogen-bond donors (Lipinski definition) is 1. The van der Waals surface area contributed by atoms with Crippen LogP contribution in [0.15, 0.2) is 0 Å². The second kappa shape index (κ2) is 6.77. The fourth-order valence-electron chi connectivity index (χ4n) is 0.826. The highest BCUT2D eigenvalue weighted by Crippen LogP contribution is 1.98. The Morgan fingerprint density at radius 2 is 2.08 bits per heavy atom. The largest absolute Gasteiger partial charge is 0.481 e. The molecule has 0 spiro atoms. The molecular weight excluding hydrogens is 190 g/mol. The van der Waals surface area contributed by atoms with Gasteiger partial charge in [0.15, 0.2) is 0 Å². The Hall–Kier alpha value is -0.710. The zero-order valence-corrected chi connectivity index (χ0v) is 8.76. The molecule has 0 aromatic carbocycles. The first kappa shape index (κ1) is 12.3. The van der Waals surface area contributed by atoms with Gasteiger partial charge in [0.2, 0.25) is 5.91 Å². The molecule has 0 atom stereocenters. The second-order valence-electron chi connectivity index (χ2n) is 2.75. The number of amides is 1. The van der Waals surface area contributed by atoms with Crippen molar-refractivity contribution in [3.05, 3.63) is 0 Å². The second-order valence-corrected chi connectivity index (χ2v) is 3.61. The number of thioether (sulfide) groups is 1. The summed E-state index contributed by atoms with van der Waals surface area (Å²) in [5.74, 6) is -0.299. The number of aliphatic carboxylic acids is 1. The molecule has 0 aliphatic carbocycles. The Morgan fingerprint density at radius 1 is 1.46 bits per heavy atom. The van der Waals surface area contributed by atoms with Gasteiger partial charge in [-0.1, -0.05) is 0 Å². The first-order chi connectivity index (χ1) is 6.07. The van der Waals surface area contributed by atoms with Crippen molar-refractivity contribution in [3.63, 3.8) is 0 Å². The summed E-state index contributed by atoms with van der Waals surface area (Å²) in [6.07, 6.45) is 2.51. The molecule has 0 saturated carbocycles. The molecule has 0 aromatic rings. The lowest BCUT2D eigenvalue weighted by molar-refractivity contribution is -0.137. The molecule has 1 amide bonds. The van der Waals surface area contributed by atoms with Crippen molar-refractivity contribution >= 4 is 23.6 Å². The topological polar surface area (TPSA) is 57.6 Å². The minimum Gasteiger partial charge on any atom is -0.481 e. The van der Waals surface area contributed by atoms with E-state index >= 15 is 0 Å². The molecule has 5 heteroatoms. The summed E-state index contributed by atoms with van der Waals surface area (Å²) >= 11 is 1.47. The quantitative estimate of drug-likeness (QED) is 0.692. The van der Waals surface area contributed by atoms with Crippen LogP contribution in [0.25, 0.3) is 0 Å². The Kier molecular flexibility index (Phi) is 6.40. The van der Waals surface area contributed by atoms with E-state index in [0.717, 1.165) is 0 Å². The molecule has 0 aromatic heterocycles. The first-order valence-electron chi connectivity index (χ1n) is 4.02. The van der Waals surface area contributed by atoms with E-state index in [0.29, 0.717) is 18.7 Å². The number of carboxylic acid groups (broad SMARTS) is 1. The van der Waals surface area contributed by atoms with Crippen molar-refractivity contribution in [1.82, 2.24) is 4.90 Å². The zero-order chi connectivity index (χ0) is 10.3. The molecule has 0 aliphatic heterocycles. The van der Waals surface area contributed by atoms with Crippen LogP contribution in [0.1, 0.15) is 12.8 Å². The van der Waals surface area contributed by atoms with E-state index in [-0.39, 0.29) is 12.3 Å². The van der Waals surface area contributed by atoms with Gasteiger partial charge in [-0.15, -0.1) is 0 Å². The van der Waals surface area contributed by atoms with Crippen LogP contribution in [0.2, 0.25) is 0 Å². The molecule has 0 radical (unpaired) electrons. The van der Waals surface area contributed by atoms with Crippen LogP contribution >= 0.6 is 11.8 Å². The third-order valence-corrected chi connectivity index (χ3v) is 2.11. The van der Waals surface area contributed by atoms with Crippen LogP contribution in [0.3, 0.4) is 0 Å². The van der Waals surface area contributed by atoms with Crippen LogP contribution < -0.4 is 0 Å². The molecule has 76 valence electrons. The summed E-state index contributed by atoms with van der Waals surface area (Å²) < 4.78 is 0. The Bertz CT molecular complexity index is 184. The summed E-state index contributed by atoms with van der Waals surface area (Å²) in [5, 5.41) is 8.36. The molecule has 13 heavy (non-hydrogen) atoms. The van der Waals surface area contributed by atoms with E-state index in [4.69, 9.17) is 5.11 Å². The van der Waals surface area contributed by atoms with Gasteiger partial charge in [0, 0.05) is 20.0 Å². The van der Waals surface area contributed by atoms with E-state index in [1.165, 1.54) is 11.8 Å². The molecule has 0 unspecified atom stereocenters. The van der Waals surface area contributed by atoms with Gasteiger partial charge in [0.1, 0.15) is 0 Å². The Balaban J connectivity index is 3.55. The molecule has 0 aliphatic rings. The minimum absolute atomic E-state index is 0.0536.